The fraction of sp³-hybridized carbons (Fsp3) is 0.562. The second kappa shape index (κ2) is 5.90. The fourth-order valence-corrected chi connectivity index (χ4v) is 3.75. The van der Waals surface area contributed by atoms with E-state index in [4.69, 9.17) is 0 Å². The second-order valence-corrected chi connectivity index (χ2v) is 6.66. The number of rotatable bonds is 3. The molecule has 4 heterocycles. The van der Waals surface area contributed by atoms with Crippen molar-refractivity contribution in [1.82, 2.24) is 30.5 Å². The molecule has 2 aliphatic rings. The SMILES string of the molecule is O=C(NCc1cnn2cccnc12)[C@H]1CC2(CCNCC2)CN1. The molecule has 7 nitrogen and oxygen atoms in total. The largest absolute Gasteiger partial charge is 0.350 e. The smallest absolute Gasteiger partial charge is 0.237 e. The van der Waals surface area contributed by atoms with E-state index in [1.807, 2.05) is 12.3 Å². The first-order chi connectivity index (χ1) is 11.3. The number of carbonyl (C=O) groups is 1. The van der Waals surface area contributed by atoms with E-state index >= 15 is 0 Å². The number of amides is 1. The third-order valence-electron chi connectivity index (χ3n) is 5.15. The summed E-state index contributed by atoms with van der Waals surface area (Å²) < 4.78 is 1.72. The van der Waals surface area contributed by atoms with Crippen LogP contribution in [0.15, 0.2) is 24.7 Å². The summed E-state index contributed by atoms with van der Waals surface area (Å²) in [7, 11) is 0. The average Bonchev–Trinajstić information content (AvgIpc) is 3.18. The predicted molar refractivity (Wildman–Crippen MR) is 85.8 cm³/mol. The number of hydrogen-bond donors (Lipinski definition) is 3. The Balaban J connectivity index is 1.37. The lowest BCUT2D eigenvalue weighted by molar-refractivity contribution is -0.123. The number of nitrogens with one attached hydrogen (secondary N) is 3. The average molecular weight is 314 g/mol. The standard InChI is InChI=1S/C16H22N6O/c23-15(13-8-16(11-20-13)2-5-17-6-3-16)19-9-12-10-21-22-7-1-4-18-14(12)22/h1,4,7,10,13,17,20H,2-3,5-6,8-9,11H2,(H,19,23)/t13-/m1/s1. The summed E-state index contributed by atoms with van der Waals surface area (Å²) in [6.07, 6.45) is 8.60. The molecule has 2 saturated heterocycles. The summed E-state index contributed by atoms with van der Waals surface area (Å²) in [5.41, 5.74) is 2.04. The minimum absolute atomic E-state index is 0.0793. The molecule has 4 rings (SSSR count). The number of aromatic nitrogens is 3. The van der Waals surface area contributed by atoms with Gasteiger partial charge in [0, 0.05) is 31.0 Å². The topological polar surface area (TPSA) is 83.4 Å². The van der Waals surface area contributed by atoms with Gasteiger partial charge in [0.1, 0.15) is 0 Å². The Morgan fingerprint density at radius 3 is 3.17 bits per heavy atom. The summed E-state index contributed by atoms with van der Waals surface area (Å²) in [4.78, 5) is 16.8. The summed E-state index contributed by atoms with van der Waals surface area (Å²) >= 11 is 0. The van der Waals surface area contributed by atoms with Crippen LogP contribution in [0.3, 0.4) is 0 Å². The van der Waals surface area contributed by atoms with Crippen molar-refractivity contribution >= 4 is 11.6 Å². The normalized spacial score (nSPS) is 23.4. The maximum atomic E-state index is 12.5. The molecule has 2 aromatic heterocycles. The van der Waals surface area contributed by atoms with Crippen molar-refractivity contribution in [2.75, 3.05) is 19.6 Å². The predicted octanol–water partition coefficient (Wildman–Crippen LogP) is 0.0772. The quantitative estimate of drug-likeness (QED) is 0.747. The van der Waals surface area contributed by atoms with Crippen molar-refractivity contribution in [1.29, 1.82) is 0 Å². The highest BCUT2D eigenvalue weighted by Gasteiger charge is 2.41. The molecule has 0 saturated carbocycles. The van der Waals surface area contributed by atoms with Crippen LogP contribution in [-0.2, 0) is 11.3 Å². The molecule has 2 fully saturated rings. The molecular weight excluding hydrogens is 292 g/mol. The third kappa shape index (κ3) is 2.82. The highest BCUT2D eigenvalue weighted by Crippen LogP contribution is 2.37. The van der Waals surface area contributed by atoms with Gasteiger partial charge < -0.3 is 16.0 Å². The van der Waals surface area contributed by atoms with E-state index in [1.165, 1.54) is 0 Å². The summed E-state index contributed by atoms with van der Waals surface area (Å²) in [6, 6.07) is 1.76. The van der Waals surface area contributed by atoms with Gasteiger partial charge in [0.15, 0.2) is 5.65 Å². The van der Waals surface area contributed by atoms with Crippen LogP contribution in [0.25, 0.3) is 5.65 Å². The van der Waals surface area contributed by atoms with Crippen molar-refractivity contribution in [2.24, 2.45) is 5.41 Å². The molecule has 23 heavy (non-hydrogen) atoms. The zero-order chi connectivity index (χ0) is 15.7. The molecule has 122 valence electrons. The molecule has 2 aliphatic heterocycles. The molecule has 1 amide bonds. The highest BCUT2D eigenvalue weighted by molar-refractivity contribution is 5.82. The Morgan fingerprint density at radius 1 is 1.43 bits per heavy atom. The molecule has 0 aromatic carbocycles. The lowest BCUT2D eigenvalue weighted by atomic mass is 9.77. The molecule has 0 aliphatic carbocycles. The van der Waals surface area contributed by atoms with E-state index in [2.05, 4.69) is 26.0 Å². The molecule has 3 N–H and O–H groups in total. The van der Waals surface area contributed by atoms with Gasteiger partial charge in [-0.3, -0.25) is 4.79 Å². The summed E-state index contributed by atoms with van der Waals surface area (Å²) in [5.74, 6) is 0.0793. The third-order valence-corrected chi connectivity index (χ3v) is 5.15. The van der Waals surface area contributed by atoms with Gasteiger partial charge in [-0.1, -0.05) is 0 Å². The Labute approximate surface area is 134 Å². The Hall–Kier alpha value is -1.99. The summed E-state index contributed by atoms with van der Waals surface area (Å²) in [5, 5.41) is 14.1. The van der Waals surface area contributed by atoms with Crippen molar-refractivity contribution < 1.29 is 4.79 Å². The van der Waals surface area contributed by atoms with Gasteiger partial charge in [0.05, 0.1) is 12.2 Å². The number of hydrogen-bond acceptors (Lipinski definition) is 5. The lowest BCUT2D eigenvalue weighted by Gasteiger charge is -2.33. The molecule has 7 heteroatoms. The van der Waals surface area contributed by atoms with Crippen LogP contribution in [0.4, 0.5) is 0 Å². The van der Waals surface area contributed by atoms with Gasteiger partial charge in [0.25, 0.3) is 0 Å². The minimum atomic E-state index is -0.0807. The zero-order valence-electron chi connectivity index (χ0n) is 13.1. The van der Waals surface area contributed by atoms with Crippen molar-refractivity contribution in [3.8, 4) is 0 Å². The van der Waals surface area contributed by atoms with Gasteiger partial charge in [-0.2, -0.15) is 5.10 Å². The molecular formula is C16H22N6O. The Bertz CT molecular complexity index is 705. The monoisotopic (exact) mass is 314 g/mol. The maximum Gasteiger partial charge on any atom is 0.237 e. The maximum absolute atomic E-state index is 12.5. The van der Waals surface area contributed by atoms with E-state index in [0.717, 1.165) is 50.1 Å². The van der Waals surface area contributed by atoms with Crippen molar-refractivity contribution in [3.63, 3.8) is 0 Å². The van der Waals surface area contributed by atoms with Crippen molar-refractivity contribution in [2.45, 2.75) is 31.8 Å². The number of nitrogens with zero attached hydrogens (tertiary/aromatic N) is 3. The highest BCUT2D eigenvalue weighted by atomic mass is 16.2. The number of piperidine rings is 1. The van der Waals surface area contributed by atoms with Crippen molar-refractivity contribution in [3.05, 3.63) is 30.2 Å². The van der Waals surface area contributed by atoms with Crippen LogP contribution in [0, 0.1) is 5.41 Å². The number of fused-ring (bicyclic) bond motifs is 1. The van der Waals surface area contributed by atoms with Crippen LogP contribution in [-0.4, -0.2) is 46.2 Å². The molecule has 1 atom stereocenters. The van der Waals surface area contributed by atoms with Gasteiger partial charge in [-0.05, 0) is 43.8 Å². The van der Waals surface area contributed by atoms with E-state index in [-0.39, 0.29) is 11.9 Å². The summed E-state index contributed by atoms with van der Waals surface area (Å²) in [6.45, 7) is 3.53. The van der Waals surface area contributed by atoms with E-state index in [1.54, 1.807) is 16.9 Å². The molecule has 0 bridgehead atoms. The van der Waals surface area contributed by atoms with Gasteiger partial charge >= 0.3 is 0 Å². The number of carbonyl (C=O) groups excluding carboxylic acids is 1. The Kier molecular flexibility index (Phi) is 3.74. The first kappa shape index (κ1) is 14.6. The van der Waals surface area contributed by atoms with Gasteiger partial charge in [0.2, 0.25) is 5.91 Å². The lowest BCUT2D eigenvalue weighted by Crippen LogP contribution is -2.40. The second-order valence-electron chi connectivity index (χ2n) is 6.66. The van der Waals surface area contributed by atoms with E-state index in [0.29, 0.717) is 12.0 Å². The van der Waals surface area contributed by atoms with Crippen LogP contribution >= 0.6 is 0 Å². The minimum Gasteiger partial charge on any atom is -0.350 e. The Morgan fingerprint density at radius 2 is 2.30 bits per heavy atom. The van der Waals surface area contributed by atoms with Crippen LogP contribution in [0.2, 0.25) is 0 Å². The van der Waals surface area contributed by atoms with Crippen LogP contribution in [0.1, 0.15) is 24.8 Å². The van der Waals surface area contributed by atoms with Crippen LogP contribution < -0.4 is 16.0 Å². The first-order valence-corrected chi connectivity index (χ1v) is 8.25. The molecule has 0 unspecified atom stereocenters. The van der Waals surface area contributed by atoms with Gasteiger partial charge in [-0.15, -0.1) is 0 Å². The van der Waals surface area contributed by atoms with E-state index in [9.17, 15) is 4.79 Å². The van der Waals surface area contributed by atoms with Crippen LogP contribution in [0.5, 0.6) is 0 Å². The van der Waals surface area contributed by atoms with Gasteiger partial charge in [-0.25, -0.2) is 9.50 Å². The zero-order valence-corrected chi connectivity index (χ0v) is 13.1. The fourth-order valence-electron chi connectivity index (χ4n) is 3.75. The van der Waals surface area contributed by atoms with E-state index < -0.39 is 0 Å². The first-order valence-electron chi connectivity index (χ1n) is 8.25. The molecule has 2 aromatic rings. The molecule has 1 spiro atoms. The molecule has 0 radical (unpaired) electrons.